The summed E-state index contributed by atoms with van der Waals surface area (Å²) in [6.45, 7) is 3.92. The molecular weight excluding hydrogens is 250 g/mol. The monoisotopic (exact) mass is 273 g/mol. The summed E-state index contributed by atoms with van der Waals surface area (Å²) in [5.74, 6) is 1.26. The Morgan fingerprint density at radius 3 is 2.95 bits per heavy atom. The van der Waals surface area contributed by atoms with Crippen LogP contribution in [-0.2, 0) is 13.5 Å². The zero-order valence-corrected chi connectivity index (χ0v) is 12.3. The molecule has 2 N–H and O–H groups in total. The number of nitrogens with one attached hydrogen (secondary N) is 1. The molecule has 0 amide bonds. The zero-order valence-electron chi connectivity index (χ0n) is 12.3. The van der Waals surface area contributed by atoms with Gasteiger partial charge >= 0.3 is 0 Å². The first-order valence-corrected chi connectivity index (χ1v) is 7.41. The van der Waals surface area contributed by atoms with Gasteiger partial charge in [0.05, 0.1) is 16.6 Å². The molecule has 0 aliphatic carbocycles. The van der Waals surface area contributed by atoms with Crippen LogP contribution in [0.5, 0.6) is 0 Å². The molecule has 108 valence electrons. The quantitative estimate of drug-likeness (QED) is 0.897. The molecule has 0 bridgehead atoms. The molecule has 2 aromatic rings. The molecule has 2 atom stereocenters. The lowest BCUT2D eigenvalue weighted by molar-refractivity contribution is -0.0122. The van der Waals surface area contributed by atoms with Gasteiger partial charge in [0.15, 0.2) is 0 Å². The van der Waals surface area contributed by atoms with Crippen LogP contribution in [0.15, 0.2) is 24.3 Å². The Labute approximate surface area is 119 Å². The van der Waals surface area contributed by atoms with Gasteiger partial charge in [0.1, 0.15) is 5.82 Å². The molecule has 20 heavy (non-hydrogen) atoms. The maximum atomic E-state index is 10.8. The maximum absolute atomic E-state index is 10.8. The molecule has 4 nitrogen and oxygen atoms in total. The third-order valence-corrected chi connectivity index (χ3v) is 4.57. The predicted molar refractivity (Wildman–Crippen MR) is 80.6 cm³/mol. The van der Waals surface area contributed by atoms with Gasteiger partial charge in [-0.25, -0.2) is 4.98 Å². The lowest BCUT2D eigenvalue weighted by atomic mass is 9.81. The summed E-state index contributed by atoms with van der Waals surface area (Å²) in [7, 11) is 2.03. The fourth-order valence-electron chi connectivity index (χ4n) is 3.20. The van der Waals surface area contributed by atoms with Gasteiger partial charge in [0.2, 0.25) is 0 Å². The minimum absolute atomic E-state index is 0.302. The Morgan fingerprint density at radius 2 is 2.25 bits per heavy atom. The summed E-state index contributed by atoms with van der Waals surface area (Å²) in [5, 5.41) is 14.2. The van der Waals surface area contributed by atoms with E-state index in [1.165, 1.54) is 0 Å². The van der Waals surface area contributed by atoms with Crippen molar-refractivity contribution in [2.45, 2.75) is 31.8 Å². The highest BCUT2D eigenvalue weighted by molar-refractivity contribution is 5.75. The normalized spacial score (nSPS) is 22.9. The molecule has 1 aromatic heterocycles. The summed E-state index contributed by atoms with van der Waals surface area (Å²) in [4.78, 5) is 4.67. The van der Waals surface area contributed by atoms with Crippen LogP contribution < -0.4 is 5.32 Å². The Balaban J connectivity index is 1.86. The fourth-order valence-corrected chi connectivity index (χ4v) is 3.20. The summed E-state index contributed by atoms with van der Waals surface area (Å²) < 4.78 is 2.10. The SMILES string of the molecule is Cn1c(CC(C)(O)C2CCCNC2)nc2ccccc21. The number of aryl methyl sites for hydroxylation is 1. The standard InChI is InChI=1S/C16H23N3O/c1-16(20,12-6-5-9-17-11-12)10-15-18-13-7-3-4-8-14(13)19(15)2/h3-4,7-8,12,17,20H,5-6,9-11H2,1-2H3. The summed E-state index contributed by atoms with van der Waals surface area (Å²) in [6.07, 6.45) is 2.83. The van der Waals surface area contributed by atoms with Crippen LogP contribution >= 0.6 is 0 Å². The number of hydrogen-bond donors (Lipinski definition) is 2. The van der Waals surface area contributed by atoms with Crippen molar-refractivity contribution in [2.75, 3.05) is 13.1 Å². The lowest BCUT2D eigenvalue weighted by Gasteiger charge is -2.35. The first kappa shape index (κ1) is 13.6. The number of imidazole rings is 1. The van der Waals surface area contributed by atoms with Crippen LogP contribution in [0, 0.1) is 5.92 Å². The van der Waals surface area contributed by atoms with Crippen LogP contribution in [0.1, 0.15) is 25.6 Å². The molecule has 4 heteroatoms. The van der Waals surface area contributed by atoms with Crippen molar-refractivity contribution in [2.24, 2.45) is 13.0 Å². The molecule has 2 heterocycles. The van der Waals surface area contributed by atoms with E-state index in [0.717, 1.165) is 42.8 Å². The summed E-state index contributed by atoms with van der Waals surface area (Å²) >= 11 is 0. The Hall–Kier alpha value is -1.39. The van der Waals surface area contributed by atoms with E-state index in [-0.39, 0.29) is 0 Å². The molecule has 0 radical (unpaired) electrons. The first-order chi connectivity index (χ1) is 9.58. The third-order valence-electron chi connectivity index (χ3n) is 4.57. The van der Waals surface area contributed by atoms with Gasteiger partial charge in [-0.1, -0.05) is 12.1 Å². The topological polar surface area (TPSA) is 50.1 Å². The van der Waals surface area contributed by atoms with Crippen molar-refractivity contribution in [1.29, 1.82) is 0 Å². The predicted octanol–water partition coefficient (Wildman–Crippen LogP) is 1.87. The van der Waals surface area contributed by atoms with Gasteiger partial charge in [0.25, 0.3) is 0 Å². The van der Waals surface area contributed by atoms with E-state index < -0.39 is 5.60 Å². The zero-order chi connectivity index (χ0) is 14.2. The number of nitrogens with zero attached hydrogens (tertiary/aromatic N) is 2. The van der Waals surface area contributed by atoms with E-state index >= 15 is 0 Å². The molecule has 1 aliphatic rings. The first-order valence-electron chi connectivity index (χ1n) is 7.41. The van der Waals surface area contributed by atoms with Crippen molar-refractivity contribution >= 4 is 11.0 Å². The van der Waals surface area contributed by atoms with Crippen LogP contribution in [0.2, 0.25) is 0 Å². The van der Waals surface area contributed by atoms with E-state index in [1.807, 2.05) is 32.2 Å². The van der Waals surface area contributed by atoms with E-state index in [2.05, 4.69) is 20.9 Å². The average molecular weight is 273 g/mol. The second-order valence-electron chi connectivity index (χ2n) is 6.15. The van der Waals surface area contributed by atoms with Crippen molar-refractivity contribution < 1.29 is 5.11 Å². The largest absolute Gasteiger partial charge is 0.389 e. The molecule has 1 saturated heterocycles. The lowest BCUT2D eigenvalue weighted by Crippen LogP contribution is -2.46. The molecule has 1 aromatic carbocycles. The van der Waals surface area contributed by atoms with E-state index in [9.17, 15) is 5.11 Å². The smallest absolute Gasteiger partial charge is 0.112 e. The van der Waals surface area contributed by atoms with Crippen molar-refractivity contribution in [1.82, 2.24) is 14.9 Å². The average Bonchev–Trinajstić information content (AvgIpc) is 2.76. The minimum atomic E-state index is -0.706. The number of hydrogen-bond acceptors (Lipinski definition) is 3. The Kier molecular flexibility index (Phi) is 3.52. The highest BCUT2D eigenvalue weighted by atomic mass is 16.3. The van der Waals surface area contributed by atoms with Gasteiger partial charge in [-0.05, 0) is 38.4 Å². The highest BCUT2D eigenvalue weighted by Gasteiger charge is 2.34. The van der Waals surface area contributed by atoms with Gasteiger partial charge in [0, 0.05) is 25.9 Å². The number of fused-ring (bicyclic) bond motifs is 1. The molecular formula is C16H23N3O. The van der Waals surface area contributed by atoms with Crippen LogP contribution in [-0.4, -0.2) is 33.3 Å². The molecule has 0 spiro atoms. The number of rotatable bonds is 3. The highest BCUT2D eigenvalue weighted by Crippen LogP contribution is 2.28. The minimum Gasteiger partial charge on any atom is -0.389 e. The molecule has 1 aliphatic heterocycles. The number of benzene rings is 1. The molecule has 1 fully saturated rings. The summed E-state index contributed by atoms with van der Waals surface area (Å²) in [6, 6.07) is 8.12. The summed E-state index contributed by atoms with van der Waals surface area (Å²) in [5.41, 5.74) is 1.42. The van der Waals surface area contributed by atoms with E-state index in [0.29, 0.717) is 12.3 Å². The van der Waals surface area contributed by atoms with Crippen molar-refractivity contribution in [3.05, 3.63) is 30.1 Å². The van der Waals surface area contributed by atoms with Crippen LogP contribution in [0.3, 0.4) is 0 Å². The van der Waals surface area contributed by atoms with Gasteiger partial charge in [-0.15, -0.1) is 0 Å². The molecule has 3 rings (SSSR count). The molecule has 2 unspecified atom stereocenters. The van der Waals surface area contributed by atoms with Crippen LogP contribution in [0.4, 0.5) is 0 Å². The second-order valence-corrected chi connectivity index (χ2v) is 6.15. The maximum Gasteiger partial charge on any atom is 0.112 e. The fraction of sp³-hybridized carbons (Fsp3) is 0.562. The number of aromatic nitrogens is 2. The number of aliphatic hydroxyl groups is 1. The number of piperidine rings is 1. The van der Waals surface area contributed by atoms with Crippen molar-refractivity contribution in [3.63, 3.8) is 0 Å². The van der Waals surface area contributed by atoms with Crippen molar-refractivity contribution in [3.8, 4) is 0 Å². The Morgan fingerprint density at radius 1 is 1.45 bits per heavy atom. The van der Waals surface area contributed by atoms with E-state index in [1.54, 1.807) is 0 Å². The molecule has 0 saturated carbocycles. The van der Waals surface area contributed by atoms with Gasteiger partial charge < -0.3 is 15.0 Å². The Bertz CT molecular complexity index is 597. The van der Waals surface area contributed by atoms with Crippen LogP contribution in [0.25, 0.3) is 11.0 Å². The van der Waals surface area contributed by atoms with E-state index in [4.69, 9.17) is 0 Å². The van der Waals surface area contributed by atoms with Gasteiger partial charge in [-0.3, -0.25) is 0 Å². The number of para-hydroxylation sites is 2. The van der Waals surface area contributed by atoms with Gasteiger partial charge in [-0.2, -0.15) is 0 Å². The second kappa shape index (κ2) is 5.19. The third kappa shape index (κ3) is 2.45.